The second kappa shape index (κ2) is 6.23. The fraction of sp³-hybridized carbons (Fsp3) is 0.846. The third kappa shape index (κ3) is 8.42. The van der Waals surface area contributed by atoms with Gasteiger partial charge in [-0.15, -0.1) is 0 Å². The number of nitrogens with zero attached hydrogens (tertiary/aromatic N) is 1. The largest absolute Gasteiger partial charge is 0.443 e. The van der Waals surface area contributed by atoms with Gasteiger partial charge in [-0.3, -0.25) is 0 Å². The number of carbonyl (C=O) groups excluding carboxylic acids is 2. The van der Waals surface area contributed by atoms with Gasteiger partial charge in [0, 0.05) is 0 Å². The molecule has 0 aliphatic rings. The molecule has 0 radical (unpaired) electrons. The van der Waals surface area contributed by atoms with E-state index >= 15 is 0 Å². The molecule has 1 N–H and O–H groups in total. The number of ether oxygens (including phenoxy) is 2. The number of aliphatic hydroxyl groups excluding tert-OH is 1. The smallest absolute Gasteiger partial charge is 0.419 e. The van der Waals surface area contributed by atoms with Gasteiger partial charge in [0.2, 0.25) is 0 Å². The lowest BCUT2D eigenvalue weighted by atomic mass is 10.2. The minimum absolute atomic E-state index is 0.177. The molecule has 6 heteroatoms. The summed E-state index contributed by atoms with van der Waals surface area (Å²) in [5.74, 6) is 0. The van der Waals surface area contributed by atoms with Crippen molar-refractivity contribution < 1.29 is 24.2 Å². The fourth-order valence-corrected chi connectivity index (χ4v) is 1.12. The molecule has 0 aliphatic carbocycles. The van der Waals surface area contributed by atoms with Gasteiger partial charge in [-0.25, -0.2) is 14.5 Å². The molecule has 2 amide bonds. The van der Waals surface area contributed by atoms with Crippen molar-refractivity contribution in [3.8, 4) is 0 Å². The molecule has 112 valence electrons. The first-order chi connectivity index (χ1) is 8.32. The summed E-state index contributed by atoms with van der Waals surface area (Å²) in [6.45, 7) is 11.5. The highest BCUT2D eigenvalue weighted by Gasteiger charge is 2.31. The van der Waals surface area contributed by atoms with Crippen LogP contribution in [0.15, 0.2) is 0 Å². The number of carbonyl (C=O) groups is 2. The van der Waals surface area contributed by atoms with Crippen LogP contribution < -0.4 is 0 Å². The molecule has 0 aliphatic heterocycles. The van der Waals surface area contributed by atoms with Crippen LogP contribution >= 0.6 is 0 Å². The van der Waals surface area contributed by atoms with Crippen LogP contribution in [0, 0.1) is 0 Å². The first-order valence-electron chi connectivity index (χ1n) is 6.23. The summed E-state index contributed by atoms with van der Waals surface area (Å²) < 4.78 is 10.2. The molecule has 1 atom stereocenters. The first-order valence-corrected chi connectivity index (χ1v) is 6.23. The van der Waals surface area contributed by atoms with E-state index in [0.29, 0.717) is 0 Å². The van der Waals surface area contributed by atoms with Crippen LogP contribution in [0.5, 0.6) is 0 Å². The van der Waals surface area contributed by atoms with Gasteiger partial charge in [-0.1, -0.05) is 0 Å². The maximum atomic E-state index is 11.9. The number of hydrogen-bond donors (Lipinski definition) is 1. The zero-order valence-electron chi connectivity index (χ0n) is 12.8. The van der Waals surface area contributed by atoms with Crippen LogP contribution in [0.1, 0.15) is 48.5 Å². The van der Waals surface area contributed by atoms with E-state index in [-0.39, 0.29) is 6.54 Å². The summed E-state index contributed by atoms with van der Waals surface area (Å²) in [5.41, 5.74) is -1.45. The van der Waals surface area contributed by atoms with E-state index in [1.54, 1.807) is 41.5 Å². The van der Waals surface area contributed by atoms with Gasteiger partial charge < -0.3 is 14.6 Å². The van der Waals surface area contributed by atoms with Crippen molar-refractivity contribution in [1.29, 1.82) is 0 Å². The predicted molar refractivity (Wildman–Crippen MR) is 70.9 cm³/mol. The summed E-state index contributed by atoms with van der Waals surface area (Å²) in [7, 11) is 0. The van der Waals surface area contributed by atoms with Crippen molar-refractivity contribution in [2.24, 2.45) is 0 Å². The number of rotatable bonds is 2. The Morgan fingerprint density at radius 3 is 1.53 bits per heavy atom. The fourth-order valence-electron chi connectivity index (χ4n) is 1.12. The molecule has 0 aromatic heterocycles. The molecule has 0 rings (SSSR count). The van der Waals surface area contributed by atoms with Crippen molar-refractivity contribution >= 4 is 12.2 Å². The van der Waals surface area contributed by atoms with E-state index in [0.717, 1.165) is 4.90 Å². The monoisotopic (exact) mass is 275 g/mol. The van der Waals surface area contributed by atoms with Crippen LogP contribution in [0.25, 0.3) is 0 Å². The van der Waals surface area contributed by atoms with Crippen LogP contribution in [0.2, 0.25) is 0 Å². The van der Waals surface area contributed by atoms with Crippen molar-refractivity contribution in [1.82, 2.24) is 4.90 Å². The van der Waals surface area contributed by atoms with Crippen LogP contribution in [-0.4, -0.2) is 46.0 Å². The van der Waals surface area contributed by atoms with Crippen molar-refractivity contribution in [2.45, 2.75) is 65.8 Å². The first kappa shape index (κ1) is 17.7. The lowest BCUT2D eigenvalue weighted by Gasteiger charge is -2.29. The Labute approximate surface area is 114 Å². The third-order valence-corrected chi connectivity index (χ3v) is 1.67. The third-order valence-electron chi connectivity index (χ3n) is 1.67. The van der Waals surface area contributed by atoms with E-state index in [1.165, 1.54) is 6.92 Å². The Balaban J connectivity index is 4.90. The van der Waals surface area contributed by atoms with Gasteiger partial charge in [0.15, 0.2) is 0 Å². The van der Waals surface area contributed by atoms with Crippen LogP contribution in [0.3, 0.4) is 0 Å². The standard InChI is InChI=1S/C13H25NO5/c1-9(15)8-14(10(16)18-12(2,3)4)11(17)19-13(5,6)7/h9,15H,8H2,1-7H3. The van der Waals surface area contributed by atoms with E-state index in [9.17, 15) is 14.7 Å². The van der Waals surface area contributed by atoms with Crippen LogP contribution in [-0.2, 0) is 9.47 Å². The van der Waals surface area contributed by atoms with Crippen molar-refractivity contribution in [2.75, 3.05) is 6.54 Å². The van der Waals surface area contributed by atoms with Crippen molar-refractivity contribution in [3.63, 3.8) is 0 Å². The topological polar surface area (TPSA) is 76.1 Å². The Morgan fingerprint density at radius 2 is 1.32 bits per heavy atom. The summed E-state index contributed by atoms with van der Waals surface area (Å²) >= 11 is 0. The molecule has 0 bridgehead atoms. The lowest BCUT2D eigenvalue weighted by molar-refractivity contribution is -0.00627. The summed E-state index contributed by atoms with van der Waals surface area (Å²) in [6.07, 6.45) is -2.52. The number of amides is 2. The minimum Gasteiger partial charge on any atom is -0.443 e. The van der Waals surface area contributed by atoms with E-state index in [2.05, 4.69) is 0 Å². The van der Waals surface area contributed by atoms with E-state index < -0.39 is 29.5 Å². The van der Waals surface area contributed by atoms with E-state index in [4.69, 9.17) is 9.47 Å². The number of aliphatic hydroxyl groups is 1. The second-order valence-corrected chi connectivity index (χ2v) is 6.42. The van der Waals surface area contributed by atoms with Gasteiger partial charge in [0.05, 0.1) is 12.6 Å². The van der Waals surface area contributed by atoms with Crippen molar-refractivity contribution in [3.05, 3.63) is 0 Å². The Bertz CT molecular complexity index is 297. The lowest BCUT2D eigenvalue weighted by Crippen LogP contribution is -2.46. The molecule has 0 heterocycles. The number of hydrogen-bond acceptors (Lipinski definition) is 5. The molecule has 0 saturated heterocycles. The highest BCUT2D eigenvalue weighted by Crippen LogP contribution is 2.14. The molecule has 0 aromatic carbocycles. The molecule has 6 nitrogen and oxygen atoms in total. The predicted octanol–water partition coefficient (Wildman–Crippen LogP) is 2.54. The van der Waals surface area contributed by atoms with Gasteiger partial charge in [0.25, 0.3) is 0 Å². The zero-order valence-corrected chi connectivity index (χ0v) is 12.8. The molecule has 0 fully saturated rings. The molecule has 0 saturated carbocycles. The average Bonchev–Trinajstić information content (AvgIpc) is 2.07. The second-order valence-electron chi connectivity index (χ2n) is 6.42. The molecular weight excluding hydrogens is 250 g/mol. The minimum atomic E-state index is -0.861. The zero-order chi connectivity index (χ0) is 15.4. The Morgan fingerprint density at radius 1 is 1.00 bits per heavy atom. The maximum Gasteiger partial charge on any atom is 0.419 e. The molecular formula is C13H25NO5. The molecule has 0 spiro atoms. The highest BCUT2D eigenvalue weighted by molar-refractivity contribution is 5.88. The maximum absolute atomic E-state index is 11.9. The normalized spacial score (nSPS) is 13.7. The van der Waals surface area contributed by atoms with Crippen LogP contribution in [0.4, 0.5) is 9.59 Å². The van der Waals surface area contributed by atoms with Gasteiger partial charge in [-0.05, 0) is 48.5 Å². The van der Waals surface area contributed by atoms with Gasteiger partial charge in [-0.2, -0.15) is 0 Å². The Hall–Kier alpha value is -1.30. The van der Waals surface area contributed by atoms with E-state index in [1.807, 2.05) is 0 Å². The molecule has 0 aromatic rings. The number of imide groups is 1. The summed E-state index contributed by atoms with van der Waals surface area (Å²) in [6, 6.07) is 0. The summed E-state index contributed by atoms with van der Waals surface area (Å²) in [4.78, 5) is 24.6. The summed E-state index contributed by atoms with van der Waals surface area (Å²) in [5, 5.41) is 9.36. The Kier molecular flexibility index (Phi) is 5.81. The quantitative estimate of drug-likeness (QED) is 0.838. The highest BCUT2D eigenvalue weighted by atomic mass is 16.6. The molecule has 19 heavy (non-hydrogen) atoms. The van der Waals surface area contributed by atoms with Gasteiger partial charge >= 0.3 is 12.2 Å². The van der Waals surface area contributed by atoms with Gasteiger partial charge in [0.1, 0.15) is 11.2 Å². The SMILES string of the molecule is CC(O)CN(C(=O)OC(C)(C)C)C(=O)OC(C)(C)C. The average molecular weight is 275 g/mol. The molecule has 1 unspecified atom stereocenters.